The second-order valence-corrected chi connectivity index (χ2v) is 7.32. The van der Waals surface area contributed by atoms with Crippen LogP contribution in [-0.2, 0) is 9.53 Å². The van der Waals surface area contributed by atoms with E-state index in [2.05, 4.69) is 34.6 Å². The highest BCUT2D eigenvalue weighted by molar-refractivity contribution is 5.76. The molecule has 0 bridgehead atoms. The zero-order chi connectivity index (χ0) is 13.8. The van der Waals surface area contributed by atoms with Gasteiger partial charge in [-0.25, -0.2) is 0 Å². The molecular formula is C16H30O2. The Labute approximate surface area is 112 Å². The first-order valence-corrected chi connectivity index (χ1v) is 7.48. The minimum atomic E-state index is -0.324. The quantitative estimate of drug-likeness (QED) is 0.679. The summed E-state index contributed by atoms with van der Waals surface area (Å²) in [7, 11) is 0. The van der Waals surface area contributed by atoms with Gasteiger partial charge < -0.3 is 4.74 Å². The molecule has 0 aromatic rings. The molecule has 18 heavy (non-hydrogen) atoms. The molecule has 1 aliphatic rings. The SMILES string of the molecule is CCC(C)(CC(C)(C)C)C(=O)OC1CCCCC1. The molecule has 1 fully saturated rings. The zero-order valence-corrected chi connectivity index (χ0v) is 12.8. The third-order valence-electron chi connectivity index (χ3n) is 4.02. The Kier molecular flexibility index (Phi) is 5.24. The smallest absolute Gasteiger partial charge is 0.312 e. The second-order valence-electron chi connectivity index (χ2n) is 7.32. The van der Waals surface area contributed by atoms with Crippen LogP contribution < -0.4 is 0 Å². The average Bonchev–Trinajstić information content (AvgIpc) is 2.28. The topological polar surface area (TPSA) is 26.3 Å². The maximum atomic E-state index is 12.4. The van der Waals surface area contributed by atoms with E-state index in [0.717, 1.165) is 25.7 Å². The highest BCUT2D eigenvalue weighted by Crippen LogP contribution is 2.38. The van der Waals surface area contributed by atoms with Crippen molar-refractivity contribution in [1.29, 1.82) is 0 Å². The van der Waals surface area contributed by atoms with Crippen molar-refractivity contribution in [1.82, 2.24) is 0 Å². The Hall–Kier alpha value is -0.530. The maximum Gasteiger partial charge on any atom is 0.312 e. The van der Waals surface area contributed by atoms with Crippen LogP contribution in [0.2, 0.25) is 0 Å². The van der Waals surface area contributed by atoms with Crippen LogP contribution in [0.15, 0.2) is 0 Å². The van der Waals surface area contributed by atoms with Gasteiger partial charge in [-0.15, -0.1) is 0 Å². The van der Waals surface area contributed by atoms with Crippen molar-refractivity contribution in [2.24, 2.45) is 10.8 Å². The number of carbonyl (C=O) groups excluding carboxylic acids is 1. The van der Waals surface area contributed by atoms with Gasteiger partial charge in [-0.3, -0.25) is 4.79 Å². The molecule has 1 rings (SSSR count). The third kappa shape index (κ3) is 4.62. The number of hydrogen-bond acceptors (Lipinski definition) is 2. The van der Waals surface area contributed by atoms with Crippen LogP contribution in [-0.4, -0.2) is 12.1 Å². The Balaban J connectivity index is 2.60. The van der Waals surface area contributed by atoms with Gasteiger partial charge in [0, 0.05) is 0 Å². The molecule has 1 aliphatic carbocycles. The fourth-order valence-electron chi connectivity index (χ4n) is 2.99. The van der Waals surface area contributed by atoms with E-state index >= 15 is 0 Å². The highest BCUT2D eigenvalue weighted by atomic mass is 16.5. The van der Waals surface area contributed by atoms with Crippen molar-refractivity contribution in [3.8, 4) is 0 Å². The van der Waals surface area contributed by atoms with Gasteiger partial charge >= 0.3 is 5.97 Å². The zero-order valence-electron chi connectivity index (χ0n) is 12.8. The minimum absolute atomic E-state index is 0.0202. The lowest BCUT2D eigenvalue weighted by Crippen LogP contribution is -2.36. The van der Waals surface area contributed by atoms with Crippen LogP contribution in [0.5, 0.6) is 0 Å². The molecule has 0 spiro atoms. The second kappa shape index (κ2) is 6.08. The molecular weight excluding hydrogens is 224 g/mol. The number of esters is 1. The van der Waals surface area contributed by atoms with Crippen molar-refractivity contribution in [3.63, 3.8) is 0 Å². The van der Waals surface area contributed by atoms with Gasteiger partial charge in [-0.2, -0.15) is 0 Å². The van der Waals surface area contributed by atoms with E-state index < -0.39 is 0 Å². The van der Waals surface area contributed by atoms with Gasteiger partial charge in [0.2, 0.25) is 0 Å². The normalized spacial score (nSPS) is 21.4. The molecule has 0 aliphatic heterocycles. The van der Waals surface area contributed by atoms with Crippen molar-refractivity contribution in [2.45, 2.75) is 85.7 Å². The van der Waals surface area contributed by atoms with Gasteiger partial charge in [-0.05, 0) is 50.9 Å². The average molecular weight is 254 g/mol. The molecule has 2 heteroatoms. The molecule has 0 radical (unpaired) electrons. The van der Waals surface area contributed by atoms with Crippen molar-refractivity contribution >= 4 is 5.97 Å². The summed E-state index contributed by atoms with van der Waals surface area (Å²) in [6.45, 7) is 10.7. The summed E-state index contributed by atoms with van der Waals surface area (Å²) in [5, 5.41) is 0. The Morgan fingerprint density at radius 1 is 1.11 bits per heavy atom. The van der Waals surface area contributed by atoms with E-state index in [1.807, 2.05) is 0 Å². The number of carbonyl (C=O) groups is 1. The molecule has 0 amide bonds. The number of rotatable bonds is 4. The summed E-state index contributed by atoms with van der Waals surface area (Å²) in [6, 6.07) is 0. The summed E-state index contributed by atoms with van der Waals surface area (Å²) < 4.78 is 5.75. The van der Waals surface area contributed by atoms with Crippen molar-refractivity contribution in [2.75, 3.05) is 0 Å². The van der Waals surface area contributed by atoms with Crippen LogP contribution in [0.4, 0.5) is 0 Å². The highest BCUT2D eigenvalue weighted by Gasteiger charge is 2.38. The molecule has 1 saturated carbocycles. The molecule has 0 N–H and O–H groups in total. The fraction of sp³-hybridized carbons (Fsp3) is 0.938. The minimum Gasteiger partial charge on any atom is -0.462 e. The van der Waals surface area contributed by atoms with E-state index in [9.17, 15) is 4.79 Å². The van der Waals surface area contributed by atoms with E-state index in [4.69, 9.17) is 4.74 Å². The summed E-state index contributed by atoms with van der Waals surface area (Å²) >= 11 is 0. The van der Waals surface area contributed by atoms with Crippen LogP contribution >= 0.6 is 0 Å². The predicted molar refractivity (Wildman–Crippen MR) is 75.4 cm³/mol. The van der Waals surface area contributed by atoms with Gasteiger partial charge in [0.15, 0.2) is 0 Å². The summed E-state index contributed by atoms with van der Waals surface area (Å²) in [5.74, 6) is 0.0202. The Morgan fingerprint density at radius 3 is 2.11 bits per heavy atom. The Bertz CT molecular complexity index is 271. The lowest BCUT2D eigenvalue weighted by atomic mass is 9.73. The summed E-state index contributed by atoms with van der Waals surface area (Å²) in [4.78, 5) is 12.4. The molecule has 2 nitrogen and oxygen atoms in total. The van der Waals surface area contributed by atoms with E-state index in [0.29, 0.717) is 0 Å². The van der Waals surface area contributed by atoms with E-state index in [-0.39, 0.29) is 22.9 Å². The maximum absolute atomic E-state index is 12.4. The van der Waals surface area contributed by atoms with Gasteiger partial charge in [-0.1, -0.05) is 34.1 Å². The fourth-order valence-corrected chi connectivity index (χ4v) is 2.99. The van der Waals surface area contributed by atoms with E-state index in [1.165, 1.54) is 19.3 Å². The molecule has 0 aromatic carbocycles. The molecule has 106 valence electrons. The monoisotopic (exact) mass is 254 g/mol. The van der Waals surface area contributed by atoms with Crippen molar-refractivity contribution < 1.29 is 9.53 Å². The molecule has 0 saturated heterocycles. The molecule has 1 atom stereocenters. The van der Waals surface area contributed by atoms with Crippen LogP contribution in [0.25, 0.3) is 0 Å². The number of ether oxygens (including phenoxy) is 1. The van der Waals surface area contributed by atoms with Gasteiger partial charge in [0.1, 0.15) is 6.10 Å². The summed E-state index contributed by atoms with van der Waals surface area (Å²) in [5.41, 5.74) is -0.161. The first kappa shape index (κ1) is 15.5. The summed E-state index contributed by atoms with van der Waals surface area (Å²) in [6.07, 6.45) is 7.75. The predicted octanol–water partition coefficient (Wildman–Crippen LogP) is 4.71. The van der Waals surface area contributed by atoms with E-state index in [1.54, 1.807) is 0 Å². The van der Waals surface area contributed by atoms with Crippen LogP contribution in [0.3, 0.4) is 0 Å². The first-order valence-electron chi connectivity index (χ1n) is 7.48. The standard InChI is InChI=1S/C16H30O2/c1-6-16(5,12-15(2,3)4)14(17)18-13-10-8-7-9-11-13/h13H,6-12H2,1-5H3. The largest absolute Gasteiger partial charge is 0.462 e. The van der Waals surface area contributed by atoms with Gasteiger partial charge in [0.25, 0.3) is 0 Å². The lowest BCUT2D eigenvalue weighted by molar-refractivity contribution is -0.164. The van der Waals surface area contributed by atoms with Gasteiger partial charge in [0.05, 0.1) is 5.41 Å². The third-order valence-corrected chi connectivity index (χ3v) is 4.02. The molecule has 0 heterocycles. The van der Waals surface area contributed by atoms with Crippen molar-refractivity contribution in [3.05, 3.63) is 0 Å². The number of hydrogen-bond donors (Lipinski definition) is 0. The molecule has 0 aromatic heterocycles. The Morgan fingerprint density at radius 2 is 1.67 bits per heavy atom. The molecule has 1 unspecified atom stereocenters. The van der Waals surface area contributed by atoms with Crippen LogP contribution in [0, 0.1) is 10.8 Å². The first-order chi connectivity index (χ1) is 8.27. The van der Waals surface area contributed by atoms with Crippen LogP contribution in [0.1, 0.15) is 79.6 Å². The lowest BCUT2D eigenvalue weighted by Gasteiger charge is -2.34.